The van der Waals surface area contributed by atoms with Crippen molar-refractivity contribution in [1.82, 2.24) is 9.80 Å². The Kier molecular flexibility index (Phi) is 18.6. The number of hydrogen-bond acceptors (Lipinski definition) is 11. The number of benzene rings is 2. The second-order valence-corrected chi connectivity index (χ2v) is 14.9. The molecule has 13 heteroatoms. The number of carbonyl (C=O) groups excluding carboxylic acids is 4. The highest BCUT2D eigenvalue weighted by molar-refractivity contribution is 5.87. The van der Waals surface area contributed by atoms with Gasteiger partial charge in [0.2, 0.25) is 0 Å². The summed E-state index contributed by atoms with van der Waals surface area (Å²) in [6.07, 6.45) is 1.85. The topological polar surface area (TPSA) is 139 Å². The second kappa shape index (κ2) is 22.0. The van der Waals surface area contributed by atoms with Crippen LogP contribution in [0.4, 0.5) is 9.59 Å². The van der Waals surface area contributed by atoms with Crippen molar-refractivity contribution in [2.24, 2.45) is 0 Å². The highest BCUT2D eigenvalue weighted by Gasteiger charge is 2.50. The Bertz CT molecular complexity index is 1410. The molecule has 0 aromatic heterocycles. The number of ether oxygens (including phenoxy) is 7. The molecule has 0 radical (unpaired) electrons. The first-order valence-corrected chi connectivity index (χ1v) is 18.2. The molecule has 55 heavy (non-hydrogen) atoms. The number of rotatable bonds is 22. The molecule has 13 nitrogen and oxygen atoms in total. The van der Waals surface area contributed by atoms with Gasteiger partial charge in [0.25, 0.3) is 0 Å². The van der Waals surface area contributed by atoms with Gasteiger partial charge in [0, 0.05) is 27.1 Å². The molecule has 0 bridgehead atoms. The molecule has 2 aromatic rings. The fraction of sp³-hybridized carbons (Fsp3) is 0.524. The van der Waals surface area contributed by atoms with E-state index in [0.29, 0.717) is 0 Å². The van der Waals surface area contributed by atoms with Crippen molar-refractivity contribution in [3.05, 3.63) is 97.1 Å². The standard InChI is InChI=1S/C42H60N2O11/c1-11-23-41(29-33-19-15-13-16-20-33,43(31-49-9)37(47)54-39(3,4)5)35(45)52-27-25-51-26-28-53-36(46)42(24-12-2,30-34-21-17-14-18-22-34)44(32-50-10)38(48)55-40(6,7)8/h11-22H,1-2,23-32H2,3-10H3. The molecule has 0 saturated heterocycles. The predicted octanol–water partition coefficient (Wildman–Crippen LogP) is 6.89. The minimum absolute atomic E-state index is 0.0406. The summed E-state index contributed by atoms with van der Waals surface area (Å²) in [5.74, 6) is -1.41. The van der Waals surface area contributed by atoms with E-state index in [4.69, 9.17) is 33.2 Å². The van der Waals surface area contributed by atoms with Gasteiger partial charge in [0.15, 0.2) is 11.1 Å². The van der Waals surface area contributed by atoms with E-state index in [1.165, 1.54) is 24.0 Å². The maximum atomic E-state index is 14.0. The number of esters is 2. The lowest BCUT2D eigenvalue weighted by molar-refractivity contribution is -0.165. The molecule has 0 aliphatic carbocycles. The zero-order valence-corrected chi connectivity index (χ0v) is 33.8. The van der Waals surface area contributed by atoms with E-state index in [9.17, 15) is 19.2 Å². The van der Waals surface area contributed by atoms with E-state index in [1.54, 1.807) is 53.7 Å². The maximum absolute atomic E-state index is 14.0. The van der Waals surface area contributed by atoms with E-state index >= 15 is 0 Å². The SMILES string of the molecule is C=CCC(Cc1ccccc1)(C(=O)OCCOCCOC(=O)C(CC=C)(Cc1ccccc1)N(COC)C(=O)OC(C)(C)C)N(COC)C(=O)OC(C)(C)C. The van der Waals surface area contributed by atoms with Gasteiger partial charge in [-0.1, -0.05) is 72.8 Å². The lowest BCUT2D eigenvalue weighted by Gasteiger charge is -2.41. The molecule has 2 aromatic carbocycles. The van der Waals surface area contributed by atoms with Gasteiger partial charge < -0.3 is 33.2 Å². The first kappa shape index (κ1) is 46.4. The van der Waals surface area contributed by atoms with Gasteiger partial charge in [-0.3, -0.25) is 9.80 Å². The van der Waals surface area contributed by atoms with Gasteiger partial charge in [-0.05, 0) is 65.5 Å². The zero-order valence-electron chi connectivity index (χ0n) is 33.8. The molecule has 0 N–H and O–H groups in total. The molecule has 0 aliphatic heterocycles. The van der Waals surface area contributed by atoms with Crippen molar-refractivity contribution in [1.29, 1.82) is 0 Å². The predicted molar refractivity (Wildman–Crippen MR) is 208 cm³/mol. The van der Waals surface area contributed by atoms with Crippen LogP contribution in [-0.2, 0) is 55.6 Å². The van der Waals surface area contributed by atoms with Gasteiger partial charge in [-0.2, -0.15) is 0 Å². The number of methoxy groups -OCH3 is 2. The minimum atomic E-state index is -1.56. The van der Waals surface area contributed by atoms with Crippen LogP contribution in [0.25, 0.3) is 0 Å². The fourth-order valence-corrected chi connectivity index (χ4v) is 5.78. The summed E-state index contributed by atoms with van der Waals surface area (Å²) in [5.41, 5.74) is -3.26. The summed E-state index contributed by atoms with van der Waals surface area (Å²) in [7, 11) is 2.83. The Hall–Kier alpha value is -4.72. The Morgan fingerprint density at radius 3 is 1.22 bits per heavy atom. The summed E-state index contributed by atoms with van der Waals surface area (Å²) in [5, 5.41) is 0. The van der Waals surface area contributed by atoms with Crippen LogP contribution in [-0.4, -0.2) is 110 Å². The van der Waals surface area contributed by atoms with Crippen LogP contribution < -0.4 is 0 Å². The molecular formula is C42H60N2O11. The summed E-state index contributed by atoms with van der Waals surface area (Å²) >= 11 is 0. The normalized spacial score (nSPS) is 13.7. The van der Waals surface area contributed by atoms with Crippen LogP contribution in [0.1, 0.15) is 65.5 Å². The van der Waals surface area contributed by atoms with Gasteiger partial charge in [0.05, 0.1) is 13.2 Å². The quantitative estimate of drug-likeness (QED) is 0.0407. The minimum Gasteiger partial charge on any atom is -0.461 e. The Morgan fingerprint density at radius 2 is 0.927 bits per heavy atom. The molecule has 2 rings (SSSR count). The third-order valence-corrected chi connectivity index (χ3v) is 8.10. The fourth-order valence-electron chi connectivity index (χ4n) is 5.78. The highest BCUT2D eigenvalue weighted by atomic mass is 16.6. The average Bonchev–Trinajstić information content (AvgIpc) is 3.11. The molecule has 0 saturated carbocycles. The van der Waals surface area contributed by atoms with Crippen LogP contribution in [0, 0.1) is 0 Å². The summed E-state index contributed by atoms with van der Waals surface area (Å²) < 4.78 is 39.3. The van der Waals surface area contributed by atoms with Crippen LogP contribution in [0.5, 0.6) is 0 Å². The number of amides is 2. The molecule has 2 amide bonds. The number of carbonyl (C=O) groups is 4. The average molecular weight is 769 g/mol. The third kappa shape index (κ3) is 14.5. The van der Waals surface area contributed by atoms with Crippen molar-refractivity contribution >= 4 is 24.1 Å². The van der Waals surface area contributed by atoms with E-state index in [-0.39, 0.29) is 65.6 Å². The molecule has 2 atom stereocenters. The van der Waals surface area contributed by atoms with E-state index < -0.39 is 46.4 Å². The van der Waals surface area contributed by atoms with Gasteiger partial charge >= 0.3 is 24.1 Å². The van der Waals surface area contributed by atoms with Crippen LogP contribution in [0.2, 0.25) is 0 Å². The van der Waals surface area contributed by atoms with Gasteiger partial charge in [-0.15, -0.1) is 13.2 Å². The van der Waals surface area contributed by atoms with Crippen molar-refractivity contribution in [3.8, 4) is 0 Å². The maximum Gasteiger partial charge on any atom is 0.413 e. The molecule has 0 heterocycles. The smallest absolute Gasteiger partial charge is 0.413 e. The Morgan fingerprint density at radius 1 is 0.582 bits per heavy atom. The van der Waals surface area contributed by atoms with Crippen molar-refractivity contribution in [3.63, 3.8) is 0 Å². The molecule has 304 valence electrons. The Labute approximate surface area is 326 Å². The lowest BCUT2D eigenvalue weighted by atomic mass is 9.86. The third-order valence-electron chi connectivity index (χ3n) is 8.10. The summed E-state index contributed by atoms with van der Waals surface area (Å²) in [6, 6.07) is 18.4. The van der Waals surface area contributed by atoms with Crippen molar-refractivity contribution in [2.75, 3.05) is 54.1 Å². The number of hydrogen-bond donors (Lipinski definition) is 0. The van der Waals surface area contributed by atoms with Crippen molar-refractivity contribution < 1.29 is 52.3 Å². The first-order valence-electron chi connectivity index (χ1n) is 18.2. The number of nitrogens with zero attached hydrogens (tertiary/aromatic N) is 2. The second-order valence-electron chi connectivity index (χ2n) is 14.9. The van der Waals surface area contributed by atoms with Crippen LogP contribution >= 0.6 is 0 Å². The monoisotopic (exact) mass is 768 g/mol. The zero-order chi connectivity index (χ0) is 41.1. The van der Waals surface area contributed by atoms with Crippen LogP contribution in [0.15, 0.2) is 86.0 Å². The molecule has 0 aliphatic rings. The van der Waals surface area contributed by atoms with E-state index in [1.807, 2.05) is 60.7 Å². The van der Waals surface area contributed by atoms with Gasteiger partial charge in [0.1, 0.15) is 37.9 Å². The first-order chi connectivity index (χ1) is 26.0. The van der Waals surface area contributed by atoms with Crippen molar-refractivity contribution in [2.45, 2.75) is 89.5 Å². The molecule has 0 fully saturated rings. The van der Waals surface area contributed by atoms with Crippen LogP contribution in [0.3, 0.4) is 0 Å². The van der Waals surface area contributed by atoms with E-state index in [2.05, 4.69) is 13.2 Å². The highest BCUT2D eigenvalue weighted by Crippen LogP contribution is 2.31. The Balaban J connectivity index is 2.23. The summed E-state index contributed by atoms with van der Waals surface area (Å²) in [6.45, 7) is 17.1. The molecule has 0 spiro atoms. The summed E-state index contributed by atoms with van der Waals surface area (Å²) in [4.78, 5) is 57.6. The molecular weight excluding hydrogens is 708 g/mol. The lowest BCUT2D eigenvalue weighted by Crippen LogP contribution is -2.60. The molecule has 2 unspecified atom stereocenters. The van der Waals surface area contributed by atoms with Gasteiger partial charge in [-0.25, -0.2) is 19.2 Å². The van der Waals surface area contributed by atoms with E-state index in [0.717, 1.165) is 11.1 Å². The largest absolute Gasteiger partial charge is 0.461 e.